The smallest absolute Gasteiger partial charge is 0.156 e. The molecule has 1 saturated carbocycles. The monoisotopic (exact) mass is 286 g/mol. The molecule has 1 aliphatic rings. The number of rotatable bonds is 7. The Hall–Kier alpha value is -1.37. The third-order valence-electron chi connectivity index (χ3n) is 4.14. The van der Waals surface area contributed by atoms with Gasteiger partial charge in [0.1, 0.15) is 0 Å². The highest BCUT2D eigenvalue weighted by atomic mass is 16.5. The molecule has 0 aliphatic heterocycles. The lowest BCUT2D eigenvalue weighted by Crippen LogP contribution is -2.48. The fraction of sp³-hybridized carbons (Fsp3) is 0.611. The summed E-state index contributed by atoms with van der Waals surface area (Å²) < 4.78 is 5.94. The highest BCUT2D eigenvalue weighted by molar-refractivity contribution is 5.31. The minimum atomic E-state index is -0.756. The van der Waals surface area contributed by atoms with Gasteiger partial charge in [0.25, 0.3) is 0 Å². The predicted molar refractivity (Wildman–Crippen MR) is 84.8 cm³/mol. The van der Waals surface area contributed by atoms with E-state index in [4.69, 9.17) is 4.74 Å². The van der Waals surface area contributed by atoms with Crippen LogP contribution in [-0.2, 0) is 10.3 Å². The van der Waals surface area contributed by atoms with Crippen molar-refractivity contribution < 1.29 is 4.74 Å². The molecule has 1 fully saturated rings. The predicted octanol–water partition coefficient (Wildman–Crippen LogP) is 3.61. The first-order valence-corrected chi connectivity index (χ1v) is 7.98. The van der Waals surface area contributed by atoms with Crippen molar-refractivity contribution in [2.24, 2.45) is 5.92 Å². The van der Waals surface area contributed by atoms with Crippen LogP contribution in [0.3, 0.4) is 0 Å². The molecule has 1 aliphatic carbocycles. The van der Waals surface area contributed by atoms with Gasteiger partial charge in [0.05, 0.1) is 12.7 Å². The highest BCUT2D eigenvalue weighted by Gasteiger charge is 2.33. The van der Waals surface area contributed by atoms with Crippen LogP contribution in [0.2, 0.25) is 0 Å². The standard InChI is InChI=1S/C18H26N2O/c1-15(2)20-18(13-19,17-10-4-3-5-11-17)14-21-12-16-8-6-7-9-16/h3-5,10-11,15-16,20H,6-9,12,14H2,1-2H3. The molecule has 0 saturated heterocycles. The first kappa shape index (κ1) is 16.0. The van der Waals surface area contributed by atoms with Crippen LogP contribution in [0.25, 0.3) is 0 Å². The van der Waals surface area contributed by atoms with Crippen LogP contribution in [0.4, 0.5) is 0 Å². The van der Waals surface area contributed by atoms with Gasteiger partial charge in [0.15, 0.2) is 5.54 Å². The maximum Gasteiger partial charge on any atom is 0.156 e. The van der Waals surface area contributed by atoms with Gasteiger partial charge >= 0.3 is 0 Å². The van der Waals surface area contributed by atoms with Gasteiger partial charge in [0.2, 0.25) is 0 Å². The molecule has 1 unspecified atom stereocenters. The first-order chi connectivity index (χ1) is 10.2. The summed E-state index contributed by atoms with van der Waals surface area (Å²) in [6.45, 7) is 5.30. The average Bonchev–Trinajstić information content (AvgIpc) is 3.00. The summed E-state index contributed by atoms with van der Waals surface area (Å²) in [5.41, 5.74) is 0.223. The SMILES string of the molecule is CC(C)NC(C#N)(COCC1CCCC1)c1ccccc1. The summed E-state index contributed by atoms with van der Waals surface area (Å²) in [4.78, 5) is 0. The van der Waals surface area contributed by atoms with Gasteiger partial charge in [0, 0.05) is 12.6 Å². The molecule has 0 aromatic heterocycles. The quantitative estimate of drug-likeness (QED) is 0.833. The third kappa shape index (κ3) is 4.30. The molecule has 0 bridgehead atoms. The summed E-state index contributed by atoms with van der Waals surface area (Å²) in [7, 11) is 0. The van der Waals surface area contributed by atoms with Crippen molar-refractivity contribution in [2.75, 3.05) is 13.2 Å². The van der Waals surface area contributed by atoms with Gasteiger partial charge < -0.3 is 4.74 Å². The van der Waals surface area contributed by atoms with Crippen molar-refractivity contribution in [3.63, 3.8) is 0 Å². The molecule has 0 spiro atoms. The van der Waals surface area contributed by atoms with Crippen molar-refractivity contribution in [3.05, 3.63) is 35.9 Å². The normalized spacial score (nSPS) is 18.6. The fourth-order valence-corrected chi connectivity index (χ4v) is 3.11. The van der Waals surface area contributed by atoms with Gasteiger partial charge in [-0.15, -0.1) is 0 Å². The van der Waals surface area contributed by atoms with E-state index in [0.29, 0.717) is 12.5 Å². The molecule has 0 radical (unpaired) electrons. The van der Waals surface area contributed by atoms with Crippen LogP contribution in [0.1, 0.15) is 45.1 Å². The van der Waals surface area contributed by atoms with E-state index in [1.807, 2.05) is 30.3 Å². The molecular formula is C18H26N2O. The fourth-order valence-electron chi connectivity index (χ4n) is 3.11. The molecule has 3 nitrogen and oxygen atoms in total. The number of nitrogens with one attached hydrogen (secondary N) is 1. The Morgan fingerprint density at radius 2 is 1.95 bits per heavy atom. The molecule has 2 rings (SSSR count). The van der Waals surface area contributed by atoms with Gasteiger partial charge in [-0.3, -0.25) is 5.32 Å². The maximum atomic E-state index is 9.78. The van der Waals surface area contributed by atoms with E-state index in [9.17, 15) is 5.26 Å². The number of nitrogens with zero attached hydrogens (tertiary/aromatic N) is 1. The topological polar surface area (TPSA) is 45.0 Å². The van der Waals surface area contributed by atoms with Crippen LogP contribution in [0.5, 0.6) is 0 Å². The van der Waals surface area contributed by atoms with Gasteiger partial charge in [-0.05, 0) is 38.2 Å². The number of benzene rings is 1. The molecule has 21 heavy (non-hydrogen) atoms. The Morgan fingerprint density at radius 3 is 2.52 bits per heavy atom. The summed E-state index contributed by atoms with van der Waals surface area (Å²) in [6.07, 6.45) is 5.17. The second-order valence-electron chi connectivity index (χ2n) is 6.35. The summed E-state index contributed by atoms with van der Waals surface area (Å²) in [5, 5.41) is 13.2. The average molecular weight is 286 g/mol. The zero-order valence-corrected chi connectivity index (χ0v) is 13.1. The maximum absolute atomic E-state index is 9.78. The van der Waals surface area contributed by atoms with E-state index in [2.05, 4.69) is 25.2 Å². The zero-order chi connectivity index (χ0) is 15.1. The molecular weight excluding hydrogens is 260 g/mol. The van der Waals surface area contributed by atoms with E-state index < -0.39 is 5.54 Å². The zero-order valence-electron chi connectivity index (χ0n) is 13.1. The number of ether oxygens (including phenoxy) is 1. The van der Waals surface area contributed by atoms with Crippen molar-refractivity contribution in [1.29, 1.82) is 5.26 Å². The van der Waals surface area contributed by atoms with E-state index in [1.54, 1.807) is 0 Å². The molecule has 114 valence electrons. The largest absolute Gasteiger partial charge is 0.378 e. The Bertz CT molecular complexity index is 460. The molecule has 0 amide bonds. The molecule has 1 atom stereocenters. The van der Waals surface area contributed by atoms with Crippen molar-refractivity contribution in [1.82, 2.24) is 5.32 Å². The molecule has 0 heterocycles. The lowest BCUT2D eigenvalue weighted by Gasteiger charge is -2.31. The highest BCUT2D eigenvalue weighted by Crippen LogP contribution is 2.26. The molecule has 1 aromatic rings. The molecule has 1 N–H and O–H groups in total. The first-order valence-electron chi connectivity index (χ1n) is 7.98. The Balaban J connectivity index is 2.06. The van der Waals surface area contributed by atoms with E-state index >= 15 is 0 Å². The van der Waals surface area contributed by atoms with E-state index in [1.165, 1.54) is 25.7 Å². The van der Waals surface area contributed by atoms with Crippen molar-refractivity contribution in [2.45, 2.75) is 51.1 Å². The van der Waals surface area contributed by atoms with Gasteiger partial charge in [-0.1, -0.05) is 43.2 Å². The van der Waals surface area contributed by atoms with Crippen molar-refractivity contribution >= 4 is 0 Å². The number of hydrogen-bond acceptors (Lipinski definition) is 3. The van der Waals surface area contributed by atoms with E-state index in [0.717, 1.165) is 12.2 Å². The lowest BCUT2D eigenvalue weighted by atomic mass is 9.91. The Morgan fingerprint density at radius 1 is 1.29 bits per heavy atom. The molecule has 1 aromatic carbocycles. The lowest BCUT2D eigenvalue weighted by molar-refractivity contribution is 0.0612. The second-order valence-corrected chi connectivity index (χ2v) is 6.35. The van der Waals surface area contributed by atoms with Crippen LogP contribution >= 0.6 is 0 Å². The van der Waals surface area contributed by atoms with Crippen LogP contribution < -0.4 is 5.32 Å². The van der Waals surface area contributed by atoms with Crippen LogP contribution in [0, 0.1) is 17.2 Å². The van der Waals surface area contributed by atoms with E-state index in [-0.39, 0.29) is 6.04 Å². The Labute approximate surface area is 128 Å². The Kier molecular flexibility index (Phi) is 5.78. The molecule has 3 heteroatoms. The van der Waals surface area contributed by atoms with Crippen LogP contribution in [-0.4, -0.2) is 19.3 Å². The second kappa shape index (κ2) is 7.59. The minimum absolute atomic E-state index is 0.222. The third-order valence-corrected chi connectivity index (χ3v) is 4.14. The van der Waals surface area contributed by atoms with Gasteiger partial charge in [-0.25, -0.2) is 0 Å². The van der Waals surface area contributed by atoms with Crippen molar-refractivity contribution in [3.8, 4) is 6.07 Å². The number of hydrogen-bond donors (Lipinski definition) is 1. The minimum Gasteiger partial charge on any atom is -0.378 e. The van der Waals surface area contributed by atoms with Gasteiger partial charge in [-0.2, -0.15) is 5.26 Å². The summed E-state index contributed by atoms with van der Waals surface area (Å²) in [6, 6.07) is 12.6. The number of nitriles is 1. The summed E-state index contributed by atoms with van der Waals surface area (Å²) >= 11 is 0. The van der Waals surface area contributed by atoms with Crippen LogP contribution in [0.15, 0.2) is 30.3 Å². The summed E-state index contributed by atoms with van der Waals surface area (Å²) in [5.74, 6) is 0.677.